The van der Waals surface area contributed by atoms with Gasteiger partial charge in [0.1, 0.15) is 5.82 Å². The molecule has 3 heterocycles. The Morgan fingerprint density at radius 3 is 2.62 bits per heavy atom. The van der Waals surface area contributed by atoms with Gasteiger partial charge in [-0.05, 0) is 37.3 Å². The van der Waals surface area contributed by atoms with Crippen molar-refractivity contribution in [2.24, 2.45) is 5.41 Å². The number of hydrogen-bond donors (Lipinski definition) is 2. The molecule has 0 unspecified atom stereocenters. The van der Waals surface area contributed by atoms with E-state index in [4.69, 9.17) is 18.9 Å². The predicted octanol–water partition coefficient (Wildman–Crippen LogP) is 2.50. The van der Waals surface area contributed by atoms with E-state index in [-0.39, 0.29) is 30.9 Å². The van der Waals surface area contributed by atoms with Crippen LogP contribution in [0.15, 0.2) is 36.5 Å². The molecule has 1 aliphatic heterocycles. The largest absolute Gasteiger partial charge is 0.467 e. The summed E-state index contributed by atoms with van der Waals surface area (Å²) in [6.45, 7) is 2.87. The first-order chi connectivity index (χ1) is 16.4. The molecule has 1 fully saturated rings. The van der Waals surface area contributed by atoms with E-state index < -0.39 is 11.7 Å². The van der Waals surface area contributed by atoms with Gasteiger partial charge in [0.15, 0.2) is 5.82 Å². The summed E-state index contributed by atoms with van der Waals surface area (Å²) in [6.07, 6.45) is 0.744. The highest BCUT2D eigenvalue weighted by Crippen LogP contribution is 2.35. The molecule has 34 heavy (non-hydrogen) atoms. The van der Waals surface area contributed by atoms with Gasteiger partial charge in [0.05, 0.1) is 49.4 Å². The summed E-state index contributed by atoms with van der Waals surface area (Å²) in [5, 5.41) is 2.82. The summed E-state index contributed by atoms with van der Waals surface area (Å²) in [7, 11) is 3.05. The van der Waals surface area contributed by atoms with E-state index in [2.05, 4.69) is 25.3 Å². The zero-order valence-electron chi connectivity index (χ0n) is 19.1. The lowest BCUT2D eigenvalue weighted by atomic mass is 9.91. The zero-order valence-corrected chi connectivity index (χ0v) is 19.1. The van der Waals surface area contributed by atoms with Crippen molar-refractivity contribution < 1.29 is 28.1 Å². The Morgan fingerprint density at radius 1 is 1.21 bits per heavy atom. The van der Waals surface area contributed by atoms with E-state index in [1.807, 2.05) is 0 Å². The van der Waals surface area contributed by atoms with Crippen molar-refractivity contribution in [3.8, 4) is 28.7 Å². The third kappa shape index (κ3) is 5.06. The maximum absolute atomic E-state index is 13.5. The number of benzene rings is 1. The Labute approximate surface area is 195 Å². The number of rotatable bonds is 8. The molecule has 1 saturated heterocycles. The fourth-order valence-electron chi connectivity index (χ4n) is 3.46. The van der Waals surface area contributed by atoms with Gasteiger partial charge in [0, 0.05) is 25.4 Å². The highest BCUT2D eigenvalue weighted by atomic mass is 19.1. The van der Waals surface area contributed by atoms with Crippen molar-refractivity contribution in [1.82, 2.24) is 25.3 Å². The summed E-state index contributed by atoms with van der Waals surface area (Å²) in [5.74, 6) is -0.135. The van der Waals surface area contributed by atoms with Crippen molar-refractivity contribution in [3.05, 3.63) is 48.2 Å². The second-order valence-corrected chi connectivity index (χ2v) is 8.04. The molecule has 0 saturated carbocycles. The number of carbonyl (C=O) groups excluding carboxylic acids is 1. The normalized spacial score (nSPS) is 20.2. The summed E-state index contributed by atoms with van der Waals surface area (Å²) < 4.78 is 35.4. The van der Waals surface area contributed by atoms with E-state index in [0.29, 0.717) is 41.6 Å². The van der Waals surface area contributed by atoms with E-state index in [1.54, 1.807) is 38.4 Å². The van der Waals surface area contributed by atoms with Crippen LogP contribution in [0, 0.1) is 11.2 Å². The Hall–Kier alpha value is -3.41. The van der Waals surface area contributed by atoms with E-state index in [0.717, 1.165) is 0 Å². The summed E-state index contributed by atoms with van der Waals surface area (Å²) in [4.78, 5) is 28.9. The van der Waals surface area contributed by atoms with Crippen LogP contribution in [0.5, 0.6) is 6.01 Å². The van der Waals surface area contributed by atoms with Crippen LogP contribution in [0.1, 0.15) is 19.0 Å². The van der Waals surface area contributed by atoms with E-state index >= 15 is 0 Å². The van der Waals surface area contributed by atoms with Gasteiger partial charge >= 0.3 is 6.01 Å². The summed E-state index contributed by atoms with van der Waals surface area (Å²) in [6, 6.07) is 7.86. The van der Waals surface area contributed by atoms with Crippen LogP contribution in [0.4, 0.5) is 4.39 Å². The molecule has 0 atom stereocenters. The molecule has 0 bridgehead atoms. The highest BCUT2D eigenvalue weighted by molar-refractivity contribution is 5.82. The molecule has 0 radical (unpaired) electrons. The molecule has 4 rings (SSSR count). The van der Waals surface area contributed by atoms with Crippen molar-refractivity contribution in [1.29, 1.82) is 0 Å². The van der Waals surface area contributed by atoms with E-state index in [9.17, 15) is 9.18 Å². The molecule has 10 nitrogen and oxygen atoms in total. The van der Waals surface area contributed by atoms with Crippen LogP contribution < -0.4 is 10.1 Å². The molecular weight excluding hydrogens is 445 g/mol. The number of H-pyrrole nitrogens is 1. The minimum Gasteiger partial charge on any atom is -0.467 e. The number of halogens is 1. The summed E-state index contributed by atoms with van der Waals surface area (Å²) >= 11 is 0. The van der Waals surface area contributed by atoms with Gasteiger partial charge in [0.2, 0.25) is 12.2 Å². The quantitative estimate of drug-likeness (QED) is 0.481. The van der Waals surface area contributed by atoms with Crippen LogP contribution in [0.25, 0.3) is 22.6 Å². The molecular formula is C23H26FN5O5. The van der Waals surface area contributed by atoms with Gasteiger partial charge in [-0.1, -0.05) is 0 Å². The van der Waals surface area contributed by atoms with Crippen LogP contribution >= 0.6 is 0 Å². The molecule has 3 aromatic rings. The smallest absolute Gasteiger partial charge is 0.316 e. The molecule has 1 aromatic carbocycles. The Morgan fingerprint density at radius 2 is 1.94 bits per heavy atom. The topological polar surface area (TPSA) is 120 Å². The van der Waals surface area contributed by atoms with Gasteiger partial charge in [-0.15, -0.1) is 0 Å². The summed E-state index contributed by atoms with van der Waals surface area (Å²) in [5.41, 5.74) is 1.46. The first kappa shape index (κ1) is 23.7. The standard InChI is InChI=1S/C23H26FN5O5/c1-23(21(30)25-10-11-31-2)12-33-20(34-13-23)19-28-17(14-4-6-15(24)7-5-14)18(29-19)16-8-9-26-22(27-16)32-3/h4-9,20H,10-13H2,1-3H3,(H,25,30)(H,28,29). The number of carbonyl (C=O) groups is 1. The number of ether oxygens (including phenoxy) is 4. The second-order valence-electron chi connectivity index (χ2n) is 8.04. The molecule has 0 aliphatic carbocycles. The fraction of sp³-hybridized carbons (Fsp3) is 0.391. The van der Waals surface area contributed by atoms with Gasteiger partial charge in [-0.3, -0.25) is 4.79 Å². The number of amides is 1. The van der Waals surface area contributed by atoms with Gasteiger partial charge in [-0.2, -0.15) is 4.98 Å². The minimum atomic E-state index is -0.848. The maximum atomic E-state index is 13.5. The number of nitrogens with one attached hydrogen (secondary N) is 2. The Bertz CT molecular complexity index is 1130. The van der Waals surface area contributed by atoms with Crippen LogP contribution in [-0.2, 0) is 19.0 Å². The van der Waals surface area contributed by atoms with Crippen LogP contribution in [0.2, 0.25) is 0 Å². The number of hydrogen-bond acceptors (Lipinski definition) is 8. The van der Waals surface area contributed by atoms with Crippen LogP contribution in [-0.4, -0.2) is 66.4 Å². The molecule has 11 heteroatoms. The van der Waals surface area contributed by atoms with Gasteiger partial charge < -0.3 is 29.2 Å². The first-order valence-corrected chi connectivity index (χ1v) is 10.7. The van der Waals surface area contributed by atoms with Crippen molar-refractivity contribution in [2.75, 3.05) is 40.6 Å². The third-order valence-electron chi connectivity index (χ3n) is 5.38. The molecule has 0 spiro atoms. The monoisotopic (exact) mass is 471 g/mol. The van der Waals surface area contributed by atoms with Crippen molar-refractivity contribution in [2.45, 2.75) is 13.2 Å². The minimum absolute atomic E-state index is 0.139. The molecule has 2 N–H and O–H groups in total. The lowest BCUT2D eigenvalue weighted by Gasteiger charge is -2.35. The second kappa shape index (κ2) is 10.2. The van der Waals surface area contributed by atoms with Gasteiger partial charge in [0.25, 0.3) is 0 Å². The maximum Gasteiger partial charge on any atom is 0.316 e. The highest BCUT2D eigenvalue weighted by Gasteiger charge is 2.40. The Balaban J connectivity index is 1.59. The zero-order chi connectivity index (χ0) is 24.1. The molecule has 180 valence electrons. The van der Waals surface area contributed by atoms with Crippen molar-refractivity contribution in [3.63, 3.8) is 0 Å². The van der Waals surface area contributed by atoms with E-state index in [1.165, 1.54) is 19.2 Å². The van der Waals surface area contributed by atoms with Gasteiger partial charge in [-0.25, -0.2) is 14.4 Å². The lowest BCUT2D eigenvalue weighted by molar-refractivity contribution is -0.231. The number of nitrogens with zero attached hydrogens (tertiary/aromatic N) is 3. The average molecular weight is 471 g/mol. The SMILES string of the molecule is COCCNC(=O)C1(C)COC(c2nc(-c3ccc(F)cc3)c(-c3ccnc(OC)n3)[nH]2)OC1. The number of imidazole rings is 1. The fourth-order valence-corrected chi connectivity index (χ4v) is 3.46. The molecule has 2 aromatic heterocycles. The molecule has 1 aliphatic rings. The predicted molar refractivity (Wildman–Crippen MR) is 119 cm³/mol. The van der Waals surface area contributed by atoms with Crippen LogP contribution in [0.3, 0.4) is 0 Å². The third-order valence-corrected chi connectivity index (χ3v) is 5.38. The number of aromatic amines is 1. The van der Waals surface area contributed by atoms with Crippen molar-refractivity contribution >= 4 is 5.91 Å². The average Bonchev–Trinajstić information content (AvgIpc) is 3.30. The Kier molecular flexibility index (Phi) is 7.15. The lowest BCUT2D eigenvalue weighted by Crippen LogP contribution is -2.49. The first-order valence-electron chi connectivity index (χ1n) is 10.7. The number of aromatic nitrogens is 4. The molecule has 1 amide bonds. The number of methoxy groups -OCH3 is 2.